The number of hydrogen-bond donors (Lipinski definition) is 2. The molecule has 0 saturated carbocycles. The lowest BCUT2D eigenvalue weighted by Gasteiger charge is -2.13. The lowest BCUT2D eigenvalue weighted by Crippen LogP contribution is -2.19. The van der Waals surface area contributed by atoms with Gasteiger partial charge in [0.1, 0.15) is 0 Å². The Hall–Kier alpha value is -1.48. The first-order valence-corrected chi connectivity index (χ1v) is 7.27. The van der Waals surface area contributed by atoms with E-state index in [1.807, 2.05) is 0 Å². The summed E-state index contributed by atoms with van der Waals surface area (Å²) in [5, 5.41) is 0. The fraction of sp³-hybridized carbons (Fsp3) is 0.455. The smallest absolute Gasteiger partial charge is 0.397 e. The van der Waals surface area contributed by atoms with Gasteiger partial charge >= 0.3 is 6.18 Å². The van der Waals surface area contributed by atoms with Crippen LogP contribution in [0.1, 0.15) is 12.0 Å². The average Bonchev–Trinajstić information content (AvgIpc) is 2.30. The van der Waals surface area contributed by atoms with Crippen molar-refractivity contribution in [3.63, 3.8) is 0 Å². The van der Waals surface area contributed by atoms with Crippen LogP contribution >= 0.6 is 0 Å². The maximum atomic E-state index is 12.4. The first-order valence-electron chi connectivity index (χ1n) is 5.62. The molecule has 1 aromatic rings. The van der Waals surface area contributed by atoms with Crippen molar-refractivity contribution < 1.29 is 26.3 Å². The predicted molar refractivity (Wildman–Crippen MR) is 69.8 cm³/mol. The van der Waals surface area contributed by atoms with E-state index in [4.69, 9.17) is 10.5 Å². The number of ether oxygens (including phenoxy) is 1. The highest BCUT2D eigenvalue weighted by molar-refractivity contribution is 7.92. The van der Waals surface area contributed by atoms with Gasteiger partial charge in [-0.1, -0.05) is 0 Å². The number of benzene rings is 1. The van der Waals surface area contributed by atoms with Crippen molar-refractivity contribution in [1.82, 2.24) is 0 Å². The van der Waals surface area contributed by atoms with Crippen LogP contribution in [0.2, 0.25) is 0 Å². The van der Waals surface area contributed by atoms with E-state index in [0.29, 0.717) is 6.07 Å². The van der Waals surface area contributed by atoms with Crippen molar-refractivity contribution in [3.8, 4) is 0 Å². The minimum absolute atomic E-state index is 0.0737. The Kier molecular flexibility index (Phi) is 5.23. The van der Waals surface area contributed by atoms with E-state index < -0.39 is 21.8 Å². The van der Waals surface area contributed by atoms with E-state index in [1.54, 1.807) is 0 Å². The second-order valence-corrected chi connectivity index (χ2v) is 5.91. The molecule has 0 fully saturated rings. The molecule has 0 unspecified atom stereocenters. The maximum absolute atomic E-state index is 12.4. The van der Waals surface area contributed by atoms with Gasteiger partial charge in [-0.05, 0) is 24.6 Å². The van der Waals surface area contributed by atoms with E-state index in [-0.39, 0.29) is 30.2 Å². The lowest BCUT2D eigenvalue weighted by molar-refractivity contribution is -0.137. The van der Waals surface area contributed by atoms with Crippen molar-refractivity contribution in [1.29, 1.82) is 0 Å². The van der Waals surface area contributed by atoms with Crippen molar-refractivity contribution in [2.75, 3.05) is 29.9 Å². The number of methoxy groups -OCH3 is 1. The second-order valence-electron chi connectivity index (χ2n) is 4.07. The van der Waals surface area contributed by atoms with Crippen LogP contribution in [0, 0.1) is 0 Å². The standard InChI is InChI=1S/C11H15F3N2O3S/c1-19-5-2-6-20(17,18)16-10-4-3-8(7-9(10)15)11(12,13)14/h3-4,7,16H,2,5-6,15H2,1H3. The van der Waals surface area contributed by atoms with Crippen LogP contribution in [0.4, 0.5) is 24.5 Å². The Morgan fingerprint density at radius 3 is 2.50 bits per heavy atom. The van der Waals surface area contributed by atoms with E-state index in [0.717, 1.165) is 12.1 Å². The molecule has 0 heterocycles. The molecule has 0 aromatic heterocycles. The summed E-state index contributed by atoms with van der Waals surface area (Å²) < 4.78 is 67.5. The first kappa shape index (κ1) is 16.6. The summed E-state index contributed by atoms with van der Waals surface area (Å²) in [4.78, 5) is 0. The van der Waals surface area contributed by atoms with Gasteiger partial charge in [-0.25, -0.2) is 8.42 Å². The molecule has 3 N–H and O–H groups in total. The highest BCUT2D eigenvalue weighted by atomic mass is 32.2. The number of nitrogens with two attached hydrogens (primary N) is 1. The molecule has 0 aliphatic heterocycles. The molecule has 0 radical (unpaired) electrons. The number of hydrogen-bond acceptors (Lipinski definition) is 4. The fourth-order valence-corrected chi connectivity index (χ4v) is 2.56. The molecule has 0 saturated heterocycles. The van der Waals surface area contributed by atoms with Gasteiger partial charge in [-0.15, -0.1) is 0 Å². The number of nitrogens with one attached hydrogen (secondary N) is 1. The SMILES string of the molecule is COCCCS(=O)(=O)Nc1ccc(C(F)(F)F)cc1N. The van der Waals surface area contributed by atoms with Crippen LogP contribution in [-0.2, 0) is 20.9 Å². The highest BCUT2D eigenvalue weighted by Crippen LogP contribution is 2.33. The molecule has 0 bridgehead atoms. The zero-order chi connectivity index (χ0) is 15.4. The van der Waals surface area contributed by atoms with Gasteiger partial charge in [0.25, 0.3) is 0 Å². The lowest BCUT2D eigenvalue weighted by atomic mass is 10.2. The molecule has 0 atom stereocenters. The normalized spacial score (nSPS) is 12.4. The molecular formula is C11H15F3N2O3S. The summed E-state index contributed by atoms with van der Waals surface area (Å²) in [6, 6.07) is 2.45. The second kappa shape index (κ2) is 6.31. The third-order valence-corrected chi connectivity index (χ3v) is 3.76. The fourth-order valence-electron chi connectivity index (χ4n) is 1.44. The summed E-state index contributed by atoms with van der Waals surface area (Å²) in [6.45, 7) is 0.267. The minimum atomic E-state index is -4.52. The topological polar surface area (TPSA) is 81.4 Å². The maximum Gasteiger partial charge on any atom is 0.416 e. The van der Waals surface area contributed by atoms with Crippen LogP contribution in [-0.4, -0.2) is 27.9 Å². The van der Waals surface area contributed by atoms with Gasteiger partial charge in [-0.3, -0.25) is 4.72 Å². The number of alkyl halides is 3. The summed E-state index contributed by atoms with van der Waals surface area (Å²) in [5.74, 6) is -0.207. The monoisotopic (exact) mass is 312 g/mol. The van der Waals surface area contributed by atoms with Crippen molar-refractivity contribution in [2.24, 2.45) is 0 Å². The third kappa shape index (κ3) is 4.89. The number of anilines is 2. The molecule has 114 valence electrons. The van der Waals surface area contributed by atoms with Crippen LogP contribution in [0.5, 0.6) is 0 Å². The average molecular weight is 312 g/mol. The largest absolute Gasteiger partial charge is 0.416 e. The molecule has 9 heteroatoms. The molecule has 0 amide bonds. The zero-order valence-corrected chi connectivity index (χ0v) is 11.5. The summed E-state index contributed by atoms with van der Waals surface area (Å²) in [7, 11) is -2.23. The molecular weight excluding hydrogens is 297 g/mol. The Morgan fingerprint density at radius 1 is 1.35 bits per heavy atom. The number of sulfonamides is 1. The van der Waals surface area contributed by atoms with Gasteiger partial charge in [0.15, 0.2) is 0 Å². The van der Waals surface area contributed by atoms with Crippen LogP contribution in [0.3, 0.4) is 0 Å². The summed E-state index contributed by atoms with van der Waals surface area (Å²) in [6.07, 6.45) is -4.25. The number of halogens is 3. The quantitative estimate of drug-likeness (QED) is 0.622. The summed E-state index contributed by atoms with van der Waals surface area (Å²) >= 11 is 0. The number of rotatable bonds is 6. The number of nitrogen functional groups attached to an aromatic ring is 1. The Balaban J connectivity index is 2.83. The highest BCUT2D eigenvalue weighted by Gasteiger charge is 2.31. The Morgan fingerprint density at radius 2 is 2.00 bits per heavy atom. The molecule has 0 spiro atoms. The molecule has 1 rings (SSSR count). The van der Waals surface area contributed by atoms with Crippen molar-refractivity contribution >= 4 is 21.4 Å². The van der Waals surface area contributed by atoms with Gasteiger partial charge in [0, 0.05) is 13.7 Å². The van der Waals surface area contributed by atoms with Gasteiger partial charge in [-0.2, -0.15) is 13.2 Å². The van der Waals surface area contributed by atoms with Crippen molar-refractivity contribution in [3.05, 3.63) is 23.8 Å². The molecule has 20 heavy (non-hydrogen) atoms. The molecule has 1 aromatic carbocycles. The third-order valence-electron chi connectivity index (χ3n) is 2.41. The predicted octanol–water partition coefficient (Wildman–Crippen LogP) is 2.07. The van der Waals surface area contributed by atoms with Crippen LogP contribution in [0.15, 0.2) is 18.2 Å². The van der Waals surface area contributed by atoms with E-state index >= 15 is 0 Å². The summed E-state index contributed by atoms with van der Waals surface area (Å²) in [5.41, 5.74) is 4.14. The minimum Gasteiger partial charge on any atom is -0.397 e. The molecule has 0 aliphatic rings. The molecule has 5 nitrogen and oxygen atoms in total. The zero-order valence-electron chi connectivity index (χ0n) is 10.7. The first-order chi connectivity index (χ1) is 9.15. The van der Waals surface area contributed by atoms with Gasteiger partial charge < -0.3 is 10.5 Å². The van der Waals surface area contributed by atoms with Crippen molar-refractivity contribution in [2.45, 2.75) is 12.6 Å². The van der Waals surface area contributed by atoms with E-state index in [2.05, 4.69) is 4.72 Å². The Labute approximate surface area is 115 Å². The van der Waals surface area contributed by atoms with Gasteiger partial charge in [0.05, 0.1) is 22.7 Å². The van der Waals surface area contributed by atoms with Crippen LogP contribution in [0.25, 0.3) is 0 Å². The van der Waals surface area contributed by atoms with Gasteiger partial charge in [0.2, 0.25) is 10.0 Å². The van der Waals surface area contributed by atoms with E-state index in [1.165, 1.54) is 7.11 Å². The van der Waals surface area contributed by atoms with E-state index in [9.17, 15) is 21.6 Å². The Bertz CT molecular complexity index is 559. The van der Waals surface area contributed by atoms with Crippen LogP contribution < -0.4 is 10.5 Å². The molecule has 0 aliphatic carbocycles.